The van der Waals surface area contributed by atoms with E-state index in [9.17, 15) is 9.90 Å². The molecule has 3 aromatic rings. The number of hydrogen-bond acceptors (Lipinski definition) is 3. The van der Waals surface area contributed by atoms with E-state index in [1.54, 1.807) is 13.2 Å². The van der Waals surface area contributed by atoms with Crippen molar-refractivity contribution in [3.8, 4) is 0 Å². The van der Waals surface area contributed by atoms with Crippen molar-refractivity contribution in [3.05, 3.63) is 82.4 Å². The SMILES string of the molecule is CCc1c(C(=O)O)ccc2cc(C3CC(C)(C)c4ccccc4C3OCOC)ccc12. The summed E-state index contributed by atoms with van der Waals surface area (Å²) in [5, 5.41) is 11.6. The Balaban J connectivity index is 1.83. The highest BCUT2D eigenvalue weighted by Crippen LogP contribution is 2.51. The number of benzene rings is 3. The van der Waals surface area contributed by atoms with E-state index in [1.807, 2.05) is 13.0 Å². The third-order valence-corrected chi connectivity index (χ3v) is 6.63. The number of methoxy groups -OCH3 is 1. The Morgan fingerprint density at radius 2 is 1.90 bits per heavy atom. The second-order valence-electron chi connectivity index (χ2n) is 9.01. The third kappa shape index (κ3) is 3.86. The van der Waals surface area contributed by atoms with Crippen LogP contribution in [0, 0.1) is 0 Å². The normalized spacial score (nSPS) is 19.9. The molecule has 1 N–H and O–H groups in total. The maximum Gasteiger partial charge on any atom is 0.335 e. The number of carbonyl (C=O) groups is 1. The van der Waals surface area contributed by atoms with Gasteiger partial charge in [0, 0.05) is 13.0 Å². The van der Waals surface area contributed by atoms with Crippen molar-refractivity contribution in [1.82, 2.24) is 0 Å². The smallest absolute Gasteiger partial charge is 0.335 e. The van der Waals surface area contributed by atoms with E-state index < -0.39 is 5.97 Å². The molecule has 4 nitrogen and oxygen atoms in total. The summed E-state index contributed by atoms with van der Waals surface area (Å²) in [5.41, 5.74) is 5.05. The van der Waals surface area contributed by atoms with Crippen LogP contribution in [-0.4, -0.2) is 25.0 Å². The zero-order valence-corrected chi connectivity index (χ0v) is 18.6. The second-order valence-corrected chi connectivity index (χ2v) is 9.01. The molecule has 0 saturated heterocycles. The lowest BCUT2D eigenvalue weighted by molar-refractivity contribution is -0.0887. The van der Waals surface area contributed by atoms with Crippen LogP contribution in [0.3, 0.4) is 0 Å². The molecule has 0 bridgehead atoms. The Morgan fingerprint density at radius 3 is 2.61 bits per heavy atom. The Hall–Kier alpha value is -2.69. The first-order valence-electron chi connectivity index (χ1n) is 10.9. The first-order chi connectivity index (χ1) is 14.9. The lowest BCUT2D eigenvalue weighted by atomic mass is 9.65. The summed E-state index contributed by atoms with van der Waals surface area (Å²) in [6.07, 6.45) is 1.55. The molecule has 1 aliphatic rings. The fraction of sp³-hybridized carbons (Fsp3) is 0.370. The fourth-order valence-corrected chi connectivity index (χ4v) is 5.21. The van der Waals surface area contributed by atoms with Crippen LogP contribution in [0.1, 0.15) is 71.8 Å². The topological polar surface area (TPSA) is 55.8 Å². The van der Waals surface area contributed by atoms with Crippen LogP contribution in [0.4, 0.5) is 0 Å². The van der Waals surface area contributed by atoms with Crippen molar-refractivity contribution in [2.45, 2.75) is 51.0 Å². The molecule has 0 aliphatic heterocycles. The molecule has 4 rings (SSSR count). The van der Waals surface area contributed by atoms with E-state index in [1.165, 1.54) is 16.7 Å². The molecule has 0 radical (unpaired) electrons. The van der Waals surface area contributed by atoms with Crippen LogP contribution >= 0.6 is 0 Å². The summed E-state index contributed by atoms with van der Waals surface area (Å²) in [6, 6.07) is 18.6. The van der Waals surface area contributed by atoms with Gasteiger partial charge in [0.15, 0.2) is 0 Å². The molecule has 3 aromatic carbocycles. The first-order valence-corrected chi connectivity index (χ1v) is 10.9. The van der Waals surface area contributed by atoms with E-state index >= 15 is 0 Å². The van der Waals surface area contributed by atoms with Gasteiger partial charge in [-0.25, -0.2) is 4.79 Å². The van der Waals surface area contributed by atoms with Crippen molar-refractivity contribution in [1.29, 1.82) is 0 Å². The zero-order chi connectivity index (χ0) is 22.2. The van der Waals surface area contributed by atoms with E-state index in [0.29, 0.717) is 12.0 Å². The molecule has 0 spiro atoms. The minimum Gasteiger partial charge on any atom is -0.478 e. The second kappa shape index (κ2) is 8.45. The maximum atomic E-state index is 11.6. The van der Waals surface area contributed by atoms with Gasteiger partial charge in [0.05, 0.1) is 11.7 Å². The van der Waals surface area contributed by atoms with Gasteiger partial charge in [0.1, 0.15) is 6.79 Å². The van der Waals surface area contributed by atoms with Gasteiger partial charge in [-0.1, -0.05) is 69.3 Å². The predicted octanol–water partition coefficient (Wildman–Crippen LogP) is 6.23. The number of ether oxygens (including phenoxy) is 2. The summed E-state index contributed by atoms with van der Waals surface area (Å²) in [5.74, 6) is -0.699. The van der Waals surface area contributed by atoms with Crippen molar-refractivity contribution < 1.29 is 19.4 Å². The van der Waals surface area contributed by atoms with E-state index in [2.05, 4.69) is 56.3 Å². The van der Waals surface area contributed by atoms with E-state index in [0.717, 1.165) is 22.8 Å². The highest BCUT2D eigenvalue weighted by Gasteiger charge is 2.40. The Bertz CT molecular complexity index is 1120. The largest absolute Gasteiger partial charge is 0.478 e. The molecule has 2 unspecified atom stereocenters. The molecule has 0 aromatic heterocycles. The van der Waals surface area contributed by atoms with Gasteiger partial charge in [0.2, 0.25) is 0 Å². The minimum atomic E-state index is -0.874. The average molecular weight is 419 g/mol. The Morgan fingerprint density at radius 1 is 1.13 bits per heavy atom. The fourth-order valence-electron chi connectivity index (χ4n) is 5.21. The molecule has 31 heavy (non-hydrogen) atoms. The summed E-state index contributed by atoms with van der Waals surface area (Å²) >= 11 is 0. The van der Waals surface area contributed by atoms with Crippen LogP contribution in [0.2, 0.25) is 0 Å². The lowest BCUT2D eigenvalue weighted by Crippen LogP contribution is -2.33. The van der Waals surface area contributed by atoms with Crippen LogP contribution in [-0.2, 0) is 21.3 Å². The molecule has 0 fully saturated rings. The Labute approximate surface area is 183 Å². The summed E-state index contributed by atoms with van der Waals surface area (Å²) < 4.78 is 11.5. The Kier molecular flexibility index (Phi) is 5.87. The quantitative estimate of drug-likeness (QED) is 0.482. The highest BCUT2D eigenvalue weighted by molar-refractivity contribution is 5.98. The van der Waals surface area contributed by atoms with Gasteiger partial charge in [-0.15, -0.1) is 0 Å². The molecule has 1 aliphatic carbocycles. The summed E-state index contributed by atoms with van der Waals surface area (Å²) in [7, 11) is 1.65. The van der Waals surface area contributed by atoms with Gasteiger partial charge in [-0.05, 0) is 57.3 Å². The van der Waals surface area contributed by atoms with Crippen LogP contribution < -0.4 is 0 Å². The molecular weight excluding hydrogens is 388 g/mol. The van der Waals surface area contributed by atoms with E-state index in [-0.39, 0.29) is 24.2 Å². The van der Waals surface area contributed by atoms with E-state index in [4.69, 9.17) is 9.47 Å². The minimum absolute atomic E-state index is 0.0187. The van der Waals surface area contributed by atoms with Crippen LogP contribution in [0.15, 0.2) is 54.6 Å². The number of carboxylic acids is 1. The molecular formula is C27H30O4. The standard InChI is InChI=1S/C27H30O4/c1-5-19-20-12-10-18(14-17(20)11-13-21(19)26(28)29)23-15-27(2,3)24-9-7-6-8-22(24)25(23)31-16-30-4/h6-14,23,25H,5,15-16H2,1-4H3,(H,28,29). The third-order valence-electron chi connectivity index (χ3n) is 6.63. The van der Waals surface area contributed by atoms with Crippen molar-refractivity contribution in [3.63, 3.8) is 0 Å². The summed E-state index contributed by atoms with van der Waals surface area (Å²) in [4.78, 5) is 11.6. The van der Waals surface area contributed by atoms with Crippen molar-refractivity contribution in [2.24, 2.45) is 0 Å². The molecule has 0 heterocycles. The molecule has 2 atom stereocenters. The number of fused-ring (bicyclic) bond motifs is 2. The van der Waals surface area contributed by atoms with Crippen molar-refractivity contribution >= 4 is 16.7 Å². The molecule has 0 saturated carbocycles. The zero-order valence-electron chi connectivity index (χ0n) is 18.6. The number of rotatable bonds is 6. The van der Waals surface area contributed by atoms with Gasteiger partial charge >= 0.3 is 5.97 Å². The van der Waals surface area contributed by atoms with Gasteiger partial charge in [-0.3, -0.25) is 0 Å². The molecule has 0 amide bonds. The monoisotopic (exact) mass is 418 g/mol. The molecule has 4 heteroatoms. The first kappa shape index (κ1) is 21.5. The van der Waals surface area contributed by atoms with Crippen LogP contribution in [0.5, 0.6) is 0 Å². The lowest BCUT2D eigenvalue weighted by Gasteiger charge is -2.42. The molecule has 162 valence electrons. The number of carboxylic acid groups (broad SMARTS) is 1. The van der Waals surface area contributed by atoms with Crippen LogP contribution in [0.25, 0.3) is 10.8 Å². The van der Waals surface area contributed by atoms with Gasteiger partial charge < -0.3 is 14.6 Å². The number of aromatic carboxylic acids is 1. The maximum absolute atomic E-state index is 11.6. The van der Waals surface area contributed by atoms with Gasteiger partial charge in [-0.2, -0.15) is 0 Å². The van der Waals surface area contributed by atoms with Gasteiger partial charge in [0.25, 0.3) is 0 Å². The number of aryl methyl sites for hydroxylation is 1. The average Bonchev–Trinajstić information content (AvgIpc) is 2.77. The van der Waals surface area contributed by atoms with Crippen molar-refractivity contribution in [2.75, 3.05) is 13.9 Å². The highest BCUT2D eigenvalue weighted by atomic mass is 16.7. The number of hydrogen-bond donors (Lipinski definition) is 1. The summed E-state index contributed by atoms with van der Waals surface area (Å²) in [6.45, 7) is 6.83. The predicted molar refractivity (Wildman–Crippen MR) is 123 cm³/mol.